The minimum absolute atomic E-state index is 0.503. The second-order valence-electron chi connectivity index (χ2n) is 6.34. The summed E-state index contributed by atoms with van der Waals surface area (Å²) in [6.07, 6.45) is 6.35. The van der Waals surface area contributed by atoms with E-state index in [1.807, 2.05) is 12.3 Å². The Kier molecular flexibility index (Phi) is 4.26. The zero-order valence-corrected chi connectivity index (χ0v) is 14.0. The third-order valence-electron chi connectivity index (χ3n) is 4.68. The van der Waals surface area contributed by atoms with Crippen LogP contribution < -0.4 is 16.1 Å². The monoisotopic (exact) mass is 317 g/mol. The molecule has 0 radical (unpaired) electrons. The first-order valence-electron chi connectivity index (χ1n) is 8.74. The molecule has 0 saturated carbocycles. The summed E-state index contributed by atoms with van der Waals surface area (Å²) in [5.74, 6) is 0.945. The van der Waals surface area contributed by atoms with Crippen molar-refractivity contribution in [2.45, 2.75) is 18.9 Å². The zero-order chi connectivity index (χ0) is 16.4. The van der Waals surface area contributed by atoms with Crippen molar-refractivity contribution in [1.29, 1.82) is 0 Å². The highest BCUT2D eigenvalue weighted by Crippen LogP contribution is 2.21. The molecule has 7 heteroatoms. The third-order valence-corrected chi connectivity index (χ3v) is 4.68. The van der Waals surface area contributed by atoms with Crippen molar-refractivity contribution in [3.8, 4) is 11.4 Å². The fourth-order valence-corrected chi connectivity index (χ4v) is 3.26. The van der Waals surface area contributed by atoms with E-state index >= 15 is 0 Å². The van der Waals surface area contributed by atoms with Gasteiger partial charge in [-0.3, -0.25) is 4.40 Å². The molecule has 0 aliphatic carbocycles. The summed E-state index contributed by atoms with van der Waals surface area (Å²) in [5.41, 5.74) is 4.25. The van der Waals surface area contributed by atoms with Gasteiger partial charge in [0.25, 0.3) is 0 Å². The molecule has 4 heterocycles. The van der Waals surface area contributed by atoms with Crippen LogP contribution in [0.5, 0.6) is 0 Å². The van der Waals surface area contributed by atoms with Crippen LogP contribution in [0.15, 0.2) is 42.7 Å². The summed E-state index contributed by atoms with van der Waals surface area (Å²) < 4.78 is 2.13. The Morgan fingerprint density at radius 3 is 2.92 bits per heavy atom. The van der Waals surface area contributed by atoms with Crippen molar-refractivity contribution in [3.63, 3.8) is 0 Å². The summed E-state index contributed by atoms with van der Waals surface area (Å²) in [6.45, 7) is 2.15. The van der Waals surface area contributed by atoms with E-state index in [2.05, 4.69) is 58.2 Å². The van der Waals surface area contributed by atoms with Gasteiger partial charge in [-0.25, -0.2) is 9.97 Å². The molecule has 1 fully saturated rings. The number of pyridine rings is 2. The first-order valence-corrected chi connectivity index (χ1v) is 8.74. The van der Waals surface area contributed by atoms with Crippen molar-refractivity contribution in [1.82, 2.24) is 19.7 Å². The maximum Gasteiger partial charge on any atom is 0.137 e. The molecule has 0 bridgehead atoms. The minimum Gasteiger partial charge on any atom is -0.367 e. The Bertz CT molecular complexity index is 842. The molecular weight excluding hydrogens is 296 g/mol. The molecule has 4 rings (SSSR count). The molecule has 3 aromatic heterocycles. The molecule has 0 atom stereocenters. The van der Waals surface area contributed by atoms with E-state index in [-0.39, 0.29) is 0 Å². The minimum atomic E-state index is 0.503. The van der Waals surface area contributed by atoms with Gasteiger partial charge in [-0.05, 0) is 44.1 Å². The lowest BCUT2D eigenvalue weighted by molar-refractivity contribution is 0.478. The van der Waals surface area contributed by atoms with Crippen LogP contribution in [-0.2, 0) is 0 Å². The molecule has 120 valence electrons. The van der Waals surface area contributed by atoms with Crippen molar-refractivity contribution in [3.05, 3.63) is 42.7 Å². The standard InChI is InChI=1S/C17H21B2N5/c18-19-12-4-5-17-21-10-15(24(17)11-12)14-2-1-3-16(23-14)22-13-6-8-20-9-7-13/h1-5,10-11,13,19-20H,6-9,18H2,(H,22,23). The predicted molar refractivity (Wildman–Crippen MR) is 103 cm³/mol. The third kappa shape index (κ3) is 3.04. The van der Waals surface area contributed by atoms with Crippen LogP contribution in [-0.4, -0.2) is 48.4 Å². The average molecular weight is 317 g/mol. The molecule has 24 heavy (non-hydrogen) atoms. The fourth-order valence-electron chi connectivity index (χ4n) is 3.26. The maximum absolute atomic E-state index is 4.82. The van der Waals surface area contributed by atoms with Crippen LogP contribution >= 0.6 is 0 Å². The Morgan fingerprint density at radius 1 is 1.21 bits per heavy atom. The maximum atomic E-state index is 4.82. The number of imidazole rings is 1. The van der Waals surface area contributed by atoms with Gasteiger partial charge in [0.05, 0.1) is 25.3 Å². The largest absolute Gasteiger partial charge is 0.367 e. The van der Waals surface area contributed by atoms with Gasteiger partial charge in [0.2, 0.25) is 0 Å². The fraction of sp³-hybridized carbons (Fsp3) is 0.294. The van der Waals surface area contributed by atoms with Crippen molar-refractivity contribution in [2.24, 2.45) is 0 Å². The number of hydrogen-bond donors (Lipinski definition) is 2. The van der Waals surface area contributed by atoms with E-state index in [0.717, 1.165) is 56.0 Å². The number of nitrogens with zero attached hydrogens (tertiary/aromatic N) is 3. The summed E-state index contributed by atoms with van der Waals surface area (Å²) in [6, 6.07) is 10.9. The molecule has 3 aromatic rings. The van der Waals surface area contributed by atoms with Gasteiger partial charge in [-0.1, -0.05) is 17.6 Å². The van der Waals surface area contributed by atoms with Crippen LogP contribution in [0, 0.1) is 0 Å². The highest BCUT2D eigenvalue weighted by Gasteiger charge is 2.14. The normalized spacial score (nSPS) is 15.5. The Balaban J connectivity index is 1.65. The SMILES string of the molecule is BBc1ccc2ncc(-c3cccc(NC4CCNCC4)n3)n2c1. The number of fused-ring (bicyclic) bond motifs is 1. The summed E-state index contributed by atoms with van der Waals surface area (Å²) in [5, 5.41) is 6.97. The van der Waals surface area contributed by atoms with E-state index in [1.54, 1.807) is 0 Å². The van der Waals surface area contributed by atoms with Gasteiger partial charge in [-0.15, -0.1) is 0 Å². The van der Waals surface area contributed by atoms with E-state index in [4.69, 9.17) is 4.98 Å². The number of anilines is 1. The molecule has 0 aromatic carbocycles. The molecule has 1 aliphatic heterocycles. The summed E-state index contributed by atoms with van der Waals surface area (Å²) >= 11 is 0. The van der Waals surface area contributed by atoms with E-state index in [1.165, 1.54) is 5.46 Å². The second kappa shape index (κ2) is 6.69. The van der Waals surface area contributed by atoms with Gasteiger partial charge >= 0.3 is 0 Å². The van der Waals surface area contributed by atoms with Gasteiger partial charge in [-0.2, -0.15) is 0 Å². The number of rotatable bonds is 4. The number of hydrogen-bond acceptors (Lipinski definition) is 4. The van der Waals surface area contributed by atoms with Crippen molar-refractivity contribution in [2.75, 3.05) is 18.4 Å². The highest BCUT2D eigenvalue weighted by molar-refractivity contribution is 6.97. The average Bonchev–Trinajstić information content (AvgIpc) is 3.06. The Hall–Kier alpha value is -2.27. The first-order chi connectivity index (χ1) is 11.8. The van der Waals surface area contributed by atoms with Crippen LogP contribution in [0.25, 0.3) is 17.0 Å². The first kappa shape index (κ1) is 15.3. The predicted octanol–water partition coefficient (Wildman–Crippen LogP) is 0.170. The van der Waals surface area contributed by atoms with Crippen LogP contribution in [0.3, 0.4) is 0 Å². The van der Waals surface area contributed by atoms with E-state index < -0.39 is 0 Å². The summed E-state index contributed by atoms with van der Waals surface area (Å²) in [7, 11) is 3.18. The summed E-state index contributed by atoms with van der Waals surface area (Å²) in [4.78, 5) is 9.33. The molecular formula is C17H21B2N5. The van der Waals surface area contributed by atoms with Crippen molar-refractivity contribution < 1.29 is 0 Å². The molecule has 0 amide bonds. The van der Waals surface area contributed by atoms with Crippen LogP contribution in [0.4, 0.5) is 5.82 Å². The van der Waals surface area contributed by atoms with Gasteiger partial charge in [0.15, 0.2) is 0 Å². The lowest BCUT2D eigenvalue weighted by Gasteiger charge is -2.24. The van der Waals surface area contributed by atoms with Gasteiger partial charge in [0, 0.05) is 12.2 Å². The molecule has 0 spiro atoms. The lowest BCUT2D eigenvalue weighted by Crippen LogP contribution is -2.35. The highest BCUT2D eigenvalue weighted by atomic mass is 15.1. The zero-order valence-electron chi connectivity index (χ0n) is 14.0. The lowest BCUT2D eigenvalue weighted by atomic mass is 9.52. The Labute approximate surface area is 143 Å². The number of nitrogens with one attached hydrogen (secondary N) is 2. The molecule has 2 N–H and O–H groups in total. The number of piperidine rings is 1. The molecule has 0 unspecified atom stereocenters. The number of aromatic nitrogens is 3. The Morgan fingerprint density at radius 2 is 2.08 bits per heavy atom. The van der Waals surface area contributed by atoms with Crippen LogP contribution in [0.1, 0.15) is 12.8 Å². The quantitative estimate of drug-likeness (QED) is 0.674. The molecule has 5 nitrogen and oxygen atoms in total. The second-order valence-corrected chi connectivity index (χ2v) is 6.34. The van der Waals surface area contributed by atoms with E-state index in [9.17, 15) is 0 Å². The van der Waals surface area contributed by atoms with Crippen LogP contribution in [0.2, 0.25) is 0 Å². The molecule has 1 aliphatic rings. The topological polar surface area (TPSA) is 54.2 Å². The van der Waals surface area contributed by atoms with Gasteiger partial charge < -0.3 is 10.6 Å². The molecule has 1 saturated heterocycles. The van der Waals surface area contributed by atoms with E-state index in [0.29, 0.717) is 6.04 Å². The van der Waals surface area contributed by atoms with Crippen molar-refractivity contribution >= 4 is 31.8 Å². The van der Waals surface area contributed by atoms with Gasteiger partial charge in [0.1, 0.15) is 18.6 Å². The smallest absolute Gasteiger partial charge is 0.137 e.